The van der Waals surface area contributed by atoms with Gasteiger partial charge in [-0.25, -0.2) is 9.69 Å². The maximum Gasteiger partial charge on any atom is 0.329 e. The fourth-order valence-corrected chi connectivity index (χ4v) is 5.29. The number of rotatable bonds is 3. The average Bonchev–Trinajstić information content (AvgIpc) is 3.28. The van der Waals surface area contributed by atoms with Crippen LogP contribution in [0.3, 0.4) is 0 Å². The van der Waals surface area contributed by atoms with E-state index in [1.807, 2.05) is 22.4 Å². The number of amides is 4. The van der Waals surface area contributed by atoms with E-state index in [4.69, 9.17) is 0 Å². The van der Waals surface area contributed by atoms with Gasteiger partial charge in [0.25, 0.3) is 11.8 Å². The zero-order chi connectivity index (χ0) is 19.0. The van der Waals surface area contributed by atoms with Crippen molar-refractivity contribution >= 4 is 29.2 Å². The van der Waals surface area contributed by atoms with E-state index in [1.54, 1.807) is 0 Å². The highest BCUT2D eigenvalue weighted by Gasteiger charge is 2.55. The summed E-state index contributed by atoms with van der Waals surface area (Å²) in [6.45, 7) is 5.25. The molecule has 4 amide bonds. The third kappa shape index (κ3) is 3.25. The molecule has 4 rings (SSSR count). The molecule has 1 aliphatic carbocycles. The Hall–Kier alpha value is -1.93. The van der Waals surface area contributed by atoms with Crippen molar-refractivity contribution in [2.75, 3.05) is 32.8 Å². The average molecular weight is 392 g/mol. The predicted molar refractivity (Wildman–Crippen MR) is 102 cm³/mol. The molecule has 3 fully saturated rings. The quantitative estimate of drug-likeness (QED) is 0.739. The third-order valence-corrected chi connectivity index (χ3v) is 7.23. The molecule has 27 heavy (non-hydrogen) atoms. The van der Waals surface area contributed by atoms with Crippen LogP contribution in [0.15, 0.2) is 17.5 Å². The molecule has 1 aromatic heterocycles. The van der Waals surface area contributed by atoms with Crippen LogP contribution in [0.25, 0.3) is 0 Å². The summed E-state index contributed by atoms with van der Waals surface area (Å²) in [6, 6.07) is 3.49. The fraction of sp³-hybridized carbons (Fsp3) is 0.632. The second kappa shape index (κ2) is 7.24. The minimum absolute atomic E-state index is 0.0516. The second-order valence-corrected chi connectivity index (χ2v) is 8.91. The van der Waals surface area contributed by atoms with E-state index in [9.17, 15) is 14.4 Å². The van der Waals surface area contributed by atoms with Gasteiger partial charge in [-0.1, -0.05) is 25.8 Å². The summed E-state index contributed by atoms with van der Waals surface area (Å²) >= 11 is 1.46. The van der Waals surface area contributed by atoms with Gasteiger partial charge in [-0.15, -0.1) is 11.3 Å². The van der Waals surface area contributed by atoms with Gasteiger partial charge < -0.3 is 15.1 Å². The molecule has 8 heteroatoms. The van der Waals surface area contributed by atoms with E-state index in [2.05, 4.69) is 12.2 Å². The van der Waals surface area contributed by atoms with Crippen molar-refractivity contribution in [1.29, 1.82) is 0 Å². The van der Waals surface area contributed by atoms with Crippen molar-refractivity contribution < 1.29 is 19.3 Å². The van der Waals surface area contributed by atoms with Crippen LogP contribution < -0.4 is 10.2 Å². The monoisotopic (exact) mass is 391 g/mol. The normalized spacial score (nSPS) is 29.4. The zero-order valence-corrected chi connectivity index (χ0v) is 16.5. The molecule has 2 saturated heterocycles. The molecule has 3 aliphatic rings. The molecule has 1 aromatic rings. The predicted octanol–water partition coefficient (Wildman–Crippen LogP) is 0.547. The Morgan fingerprint density at radius 2 is 2.11 bits per heavy atom. The summed E-state index contributed by atoms with van der Waals surface area (Å²) in [6.07, 6.45) is 3.84. The van der Waals surface area contributed by atoms with Crippen LogP contribution in [0.2, 0.25) is 0 Å². The molecule has 3 heterocycles. The SMILES string of the molecule is C[C@H]1CCCC[C@]12NC(=O)N(C[NH+]1CCN(C(=O)c3cccs3)CC1)C2=O. The van der Waals surface area contributed by atoms with Crippen LogP contribution in [-0.2, 0) is 4.79 Å². The van der Waals surface area contributed by atoms with Crippen molar-refractivity contribution in [1.82, 2.24) is 15.1 Å². The smallest absolute Gasteiger partial charge is 0.327 e. The molecule has 146 valence electrons. The number of urea groups is 1. The van der Waals surface area contributed by atoms with Gasteiger partial charge in [0.15, 0.2) is 6.67 Å². The Morgan fingerprint density at radius 1 is 1.33 bits per heavy atom. The topological polar surface area (TPSA) is 74.2 Å². The zero-order valence-electron chi connectivity index (χ0n) is 15.7. The number of nitrogens with zero attached hydrogens (tertiary/aromatic N) is 2. The van der Waals surface area contributed by atoms with Crippen molar-refractivity contribution in [3.63, 3.8) is 0 Å². The first-order chi connectivity index (χ1) is 13.0. The van der Waals surface area contributed by atoms with E-state index >= 15 is 0 Å². The van der Waals surface area contributed by atoms with Crippen LogP contribution in [0.5, 0.6) is 0 Å². The standard InChI is InChI=1S/C19H26N4O3S/c1-14-5-2-3-7-19(14)17(25)23(18(26)20-19)13-21-8-10-22(11-9-21)16(24)15-6-4-12-27-15/h4,6,12,14H,2-3,5,7-11,13H2,1H3,(H,20,26)/p+1/t14-,19-/m0/s1. The minimum Gasteiger partial charge on any atom is -0.327 e. The lowest BCUT2D eigenvalue weighted by atomic mass is 9.73. The number of piperazine rings is 1. The Balaban J connectivity index is 1.36. The number of hydrogen-bond acceptors (Lipinski definition) is 4. The van der Waals surface area contributed by atoms with Gasteiger partial charge in [0.05, 0.1) is 31.1 Å². The Kier molecular flexibility index (Phi) is 4.94. The highest BCUT2D eigenvalue weighted by atomic mass is 32.1. The molecule has 0 unspecified atom stereocenters. The maximum absolute atomic E-state index is 13.1. The van der Waals surface area contributed by atoms with Gasteiger partial charge in [0.2, 0.25) is 0 Å². The van der Waals surface area contributed by atoms with Gasteiger partial charge in [-0.3, -0.25) is 9.59 Å². The van der Waals surface area contributed by atoms with Crippen molar-refractivity contribution in [3.8, 4) is 0 Å². The van der Waals surface area contributed by atoms with E-state index in [0.717, 1.165) is 43.6 Å². The second-order valence-electron chi connectivity index (χ2n) is 7.96. The Morgan fingerprint density at radius 3 is 2.78 bits per heavy atom. The lowest BCUT2D eigenvalue weighted by Gasteiger charge is -2.37. The van der Waals surface area contributed by atoms with Crippen LogP contribution in [0.4, 0.5) is 4.79 Å². The van der Waals surface area contributed by atoms with Gasteiger partial charge in [-0.2, -0.15) is 0 Å². The third-order valence-electron chi connectivity index (χ3n) is 6.37. The summed E-state index contributed by atoms with van der Waals surface area (Å²) in [5.41, 5.74) is -0.689. The lowest BCUT2D eigenvalue weighted by Crippen LogP contribution is -3.16. The van der Waals surface area contributed by atoms with E-state index in [-0.39, 0.29) is 23.8 Å². The molecule has 0 aromatic carbocycles. The van der Waals surface area contributed by atoms with Crippen LogP contribution in [-0.4, -0.2) is 66.0 Å². The first-order valence-electron chi connectivity index (χ1n) is 9.82. The molecule has 1 saturated carbocycles. The van der Waals surface area contributed by atoms with Gasteiger partial charge >= 0.3 is 6.03 Å². The summed E-state index contributed by atoms with van der Waals surface area (Å²) in [5, 5.41) is 4.93. The lowest BCUT2D eigenvalue weighted by molar-refractivity contribution is -0.911. The number of imide groups is 1. The van der Waals surface area contributed by atoms with Gasteiger partial charge in [0, 0.05) is 0 Å². The van der Waals surface area contributed by atoms with Gasteiger partial charge in [0.1, 0.15) is 5.54 Å². The molecular formula is C19H27N4O3S+. The number of quaternary nitrogens is 1. The van der Waals surface area contributed by atoms with E-state index in [0.29, 0.717) is 19.8 Å². The van der Waals surface area contributed by atoms with Crippen LogP contribution in [0.1, 0.15) is 42.3 Å². The largest absolute Gasteiger partial charge is 0.329 e. The number of carbonyl (C=O) groups excluding carboxylic acids is 3. The first kappa shape index (κ1) is 18.4. The molecule has 2 aliphatic heterocycles. The summed E-state index contributed by atoms with van der Waals surface area (Å²) in [5.74, 6) is 0.210. The molecule has 2 N–H and O–H groups in total. The summed E-state index contributed by atoms with van der Waals surface area (Å²) in [7, 11) is 0. The number of thiophene rings is 1. The number of carbonyl (C=O) groups is 3. The van der Waals surface area contributed by atoms with Gasteiger partial charge in [-0.05, 0) is 30.2 Å². The van der Waals surface area contributed by atoms with E-state index < -0.39 is 5.54 Å². The summed E-state index contributed by atoms with van der Waals surface area (Å²) < 4.78 is 0. The summed E-state index contributed by atoms with van der Waals surface area (Å²) in [4.78, 5) is 43.3. The molecule has 7 nitrogen and oxygen atoms in total. The highest BCUT2D eigenvalue weighted by molar-refractivity contribution is 7.12. The molecule has 1 spiro atoms. The number of nitrogens with one attached hydrogen (secondary N) is 2. The van der Waals surface area contributed by atoms with E-state index in [1.165, 1.54) is 21.1 Å². The number of hydrogen-bond donors (Lipinski definition) is 2. The molecular weight excluding hydrogens is 364 g/mol. The molecule has 0 bridgehead atoms. The Labute approximate surface area is 163 Å². The first-order valence-corrected chi connectivity index (χ1v) is 10.7. The van der Waals surface area contributed by atoms with Crippen LogP contribution >= 0.6 is 11.3 Å². The molecule has 0 radical (unpaired) electrons. The van der Waals surface area contributed by atoms with Crippen molar-refractivity contribution in [2.24, 2.45) is 5.92 Å². The fourth-order valence-electron chi connectivity index (χ4n) is 4.60. The van der Waals surface area contributed by atoms with Crippen LogP contribution in [0, 0.1) is 5.92 Å². The minimum atomic E-state index is -0.689. The Bertz CT molecular complexity index is 729. The molecule has 2 atom stereocenters. The highest BCUT2D eigenvalue weighted by Crippen LogP contribution is 2.37. The van der Waals surface area contributed by atoms with Crippen molar-refractivity contribution in [3.05, 3.63) is 22.4 Å². The van der Waals surface area contributed by atoms with Crippen molar-refractivity contribution in [2.45, 2.75) is 38.1 Å². The maximum atomic E-state index is 13.1.